The van der Waals surface area contributed by atoms with Crippen LogP contribution < -0.4 is 9.80 Å². The predicted molar refractivity (Wildman–Crippen MR) is 92.5 cm³/mol. The summed E-state index contributed by atoms with van der Waals surface area (Å²) in [5.74, 6) is 0.651. The van der Waals surface area contributed by atoms with Gasteiger partial charge < -0.3 is 9.80 Å². The van der Waals surface area contributed by atoms with Crippen molar-refractivity contribution in [2.45, 2.75) is 18.8 Å². The second-order valence-corrected chi connectivity index (χ2v) is 6.66. The van der Waals surface area contributed by atoms with Crippen LogP contribution in [-0.4, -0.2) is 36.1 Å². The molecule has 0 spiro atoms. The molecule has 3 rings (SSSR count). The maximum atomic E-state index is 12.8. The highest BCUT2D eigenvalue weighted by atomic mass is 35.5. The molecule has 28 heavy (non-hydrogen) atoms. The quantitative estimate of drug-likeness (QED) is 0.643. The molecule has 0 unspecified atom stereocenters. The molecule has 1 fully saturated rings. The van der Waals surface area contributed by atoms with Gasteiger partial charge in [-0.3, -0.25) is 0 Å². The van der Waals surface area contributed by atoms with Crippen LogP contribution in [0.4, 0.5) is 38.0 Å². The molecular formula is C17H15ClF6N4. The van der Waals surface area contributed by atoms with E-state index in [1.807, 2.05) is 4.90 Å². The van der Waals surface area contributed by atoms with E-state index in [-0.39, 0.29) is 10.8 Å². The van der Waals surface area contributed by atoms with Crippen LogP contribution in [0.15, 0.2) is 30.6 Å². The van der Waals surface area contributed by atoms with Gasteiger partial charge in [-0.25, -0.2) is 9.97 Å². The first-order chi connectivity index (χ1) is 13.1. The lowest BCUT2D eigenvalue weighted by atomic mass is 10.2. The van der Waals surface area contributed by atoms with Gasteiger partial charge >= 0.3 is 12.4 Å². The van der Waals surface area contributed by atoms with E-state index in [0.29, 0.717) is 38.4 Å². The Morgan fingerprint density at radius 2 is 1.39 bits per heavy atom. The average Bonchev–Trinajstić information content (AvgIpc) is 2.86. The van der Waals surface area contributed by atoms with Gasteiger partial charge in [-0.1, -0.05) is 11.6 Å². The summed E-state index contributed by atoms with van der Waals surface area (Å²) in [5.41, 5.74) is -1.75. The van der Waals surface area contributed by atoms with Crippen LogP contribution in [0.25, 0.3) is 0 Å². The van der Waals surface area contributed by atoms with Crippen LogP contribution in [0.2, 0.25) is 5.02 Å². The zero-order valence-corrected chi connectivity index (χ0v) is 15.1. The van der Waals surface area contributed by atoms with Crippen LogP contribution in [0.3, 0.4) is 0 Å². The molecule has 1 saturated heterocycles. The smallest absolute Gasteiger partial charge is 0.355 e. The molecule has 2 aromatic rings. The van der Waals surface area contributed by atoms with Gasteiger partial charge in [0.25, 0.3) is 0 Å². The van der Waals surface area contributed by atoms with Crippen LogP contribution in [0.5, 0.6) is 0 Å². The molecule has 0 aliphatic carbocycles. The molecule has 0 aromatic carbocycles. The van der Waals surface area contributed by atoms with Crippen molar-refractivity contribution in [2.75, 3.05) is 36.0 Å². The highest BCUT2D eigenvalue weighted by Crippen LogP contribution is 2.34. The average molecular weight is 425 g/mol. The Kier molecular flexibility index (Phi) is 5.60. The van der Waals surface area contributed by atoms with Crippen LogP contribution in [-0.2, 0) is 12.4 Å². The zero-order chi connectivity index (χ0) is 20.5. The molecule has 4 nitrogen and oxygen atoms in total. The summed E-state index contributed by atoms with van der Waals surface area (Å²) in [6.07, 6.45) is -6.85. The first kappa shape index (κ1) is 20.5. The molecule has 0 atom stereocenters. The summed E-state index contributed by atoms with van der Waals surface area (Å²) in [6, 6.07) is 3.12. The van der Waals surface area contributed by atoms with Gasteiger partial charge in [-0.05, 0) is 24.6 Å². The van der Waals surface area contributed by atoms with E-state index in [1.165, 1.54) is 6.07 Å². The molecule has 1 aliphatic rings. The van der Waals surface area contributed by atoms with E-state index in [4.69, 9.17) is 11.6 Å². The van der Waals surface area contributed by atoms with Gasteiger partial charge in [0.1, 0.15) is 11.6 Å². The maximum Gasteiger partial charge on any atom is 0.417 e. The SMILES string of the molecule is FC(F)(F)c1ccc(N2CCCN(c3ncc(C(F)(F)F)cc3Cl)CC2)nc1. The topological polar surface area (TPSA) is 32.3 Å². The van der Waals surface area contributed by atoms with Crippen LogP contribution in [0.1, 0.15) is 17.5 Å². The number of hydrogen-bond acceptors (Lipinski definition) is 4. The third kappa shape index (κ3) is 4.60. The molecule has 0 amide bonds. The second kappa shape index (κ2) is 7.65. The van der Waals surface area contributed by atoms with E-state index in [2.05, 4.69) is 9.97 Å². The third-order valence-electron chi connectivity index (χ3n) is 4.34. The minimum Gasteiger partial charge on any atom is -0.355 e. The minimum absolute atomic E-state index is 0.101. The van der Waals surface area contributed by atoms with Crippen molar-refractivity contribution in [1.29, 1.82) is 0 Å². The predicted octanol–water partition coefficient (Wildman–Crippen LogP) is 4.88. The van der Waals surface area contributed by atoms with E-state index in [9.17, 15) is 26.3 Å². The summed E-state index contributed by atoms with van der Waals surface area (Å²) < 4.78 is 76.2. The van der Waals surface area contributed by atoms with E-state index >= 15 is 0 Å². The molecule has 2 aromatic heterocycles. The fraction of sp³-hybridized carbons (Fsp3) is 0.412. The third-order valence-corrected chi connectivity index (χ3v) is 4.62. The molecule has 0 saturated carbocycles. The number of anilines is 2. The Balaban J connectivity index is 1.72. The Morgan fingerprint density at radius 3 is 1.96 bits per heavy atom. The lowest BCUT2D eigenvalue weighted by Crippen LogP contribution is -2.31. The molecule has 0 N–H and O–H groups in total. The van der Waals surface area contributed by atoms with Crippen molar-refractivity contribution in [2.24, 2.45) is 0 Å². The van der Waals surface area contributed by atoms with Gasteiger partial charge in [-0.2, -0.15) is 26.3 Å². The lowest BCUT2D eigenvalue weighted by molar-refractivity contribution is -0.138. The maximum absolute atomic E-state index is 12.8. The molecule has 1 aliphatic heterocycles. The molecule has 0 radical (unpaired) electrons. The molecule has 3 heterocycles. The molecule has 0 bridgehead atoms. The van der Waals surface area contributed by atoms with Crippen molar-refractivity contribution >= 4 is 23.2 Å². The first-order valence-corrected chi connectivity index (χ1v) is 8.69. The Hall–Kier alpha value is -2.23. The van der Waals surface area contributed by atoms with E-state index in [0.717, 1.165) is 24.5 Å². The normalized spacial score (nSPS) is 16.2. The van der Waals surface area contributed by atoms with Crippen molar-refractivity contribution in [3.05, 3.63) is 46.7 Å². The van der Waals surface area contributed by atoms with Gasteiger partial charge in [-0.15, -0.1) is 0 Å². The zero-order valence-electron chi connectivity index (χ0n) is 14.4. The van der Waals surface area contributed by atoms with Gasteiger partial charge in [0, 0.05) is 38.6 Å². The van der Waals surface area contributed by atoms with Crippen LogP contribution >= 0.6 is 11.6 Å². The van der Waals surface area contributed by atoms with Crippen molar-refractivity contribution in [3.63, 3.8) is 0 Å². The van der Waals surface area contributed by atoms with Gasteiger partial charge in [0.05, 0.1) is 16.1 Å². The summed E-state index contributed by atoms with van der Waals surface area (Å²) in [4.78, 5) is 11.3. The van der Waals surface area contributed by atoms with E-state index in [1.54, 1.807) is 4.90 Å². The summed E-state index contributed by atoms with van der Waals surface area (Å²) in [6.45, 7) is 1.83. The first-order valence-electron chi connectivity index (χ1n) is 8.31. The number of halogens is 7. The van der Waals surface area contributed by atoms with Gasteiger partial charge in [0.2, 0.25) is 0 Å². The van der Waals surface area contributed by atoms with Crippen molar-refractivity contribution in [3.8, 4) is 0 Å². The van der Waals surface area contributed by atoms with Gasteiger partial charge in [0.15, 0.2) is 0 Å². The molecular weight excluding hydrogens is 410 g/mol. The fourth-order valence-corrected chi connectivity index (χ4v) is 3.20. The standard InChI is InChI=1S/C17H15ClF6N4/c18-13-8-12(17(22,23)24)10-26-15(13)28-5-1-4-27(6-7-28)14-3-2-11(9-25-14)16(19,20)21/h2-3,8-10H,1,4-7H2. The fourth-order valence-electron chi connectivity index (χ4n) is 2.92. The number of alkyl halides is 6. The summed E-state index contributed by atoms with van der Waals surface area (Å²) in [5, 5.41) is -0.101. The number of nitrogens with zero attached hydrogens (tertiary/aromatic N) is 4. The summed E-state index contributed by atoms with van der Waals surface area (Å²) >= 11 is 6.00. The van der Waals surface area contributed by atoms with Crippen LogP contribution in [0, 0.1) is 0 Å². The van der Waals surface area contributed by atoms with Crippen molar-refractivity contribution in [1.82, 2.24) is 9.97 Å². The van der Waals surface area contributed by atoms with Crippen molar-refractivity contribution < 1.29 is 26.3 Å². The largest absolute Gasteiger partial charge is 0.417 e. The Labute approximate surface area is 161 Å². The lowest BCUT2D eigenvalue weighted by Gasteiger charge is -2.24. The monoisotopic (exact) mass is 424 g/mol. The number of rotatable bonds is 2. The highest BCUT2D eigenvalue weighted by Gasteiger charge is 2.33. The number of hydrogen-bond donors (Lipinski definition) is 0. The molecule has 11 heteroatoms. The highest BCUT2D eigenvalue weighted by molar-refractivity contribution is 6.33. The Morgan fingerprint density at radius 1 is 0.786 bits per heavy atom. The number of aromatic nitrogens is 2. The number of pyridine rings is 2. The minimum atomic E-state index is -4.53. The molecule has 152 valence electrons. The Bertz CT molecular complexity index is 822. The second-order valence-electron chi connectivity index (χ2n) is 6.26. The van der Waals surface area contributed by atoms with E-state index < -0.39 is 23.5 Å². The summed E-state index contributed by atoms with van der Waals surface area (Å²) in [7, 11) is 0.